The predicted molar refractivity (Wildman–Crippen MR) is 122 cm³/mol. The van der Waals surface area contributed by atoms with Gasteiger partial charge in [-0.05, 0) is 30.7 Å². The summed E-state index contributed by atoms with van der Waals surface area (Å²) in [6, 6.07) is 5.42. The van der Waals surface area contributed by atoms with Crippen molar-refractivity contribution in [2.75, 3.05) is 18.5 Å². The molecule has 14 heteroatoms. The van der Waals surface area contributed by atoms with Crippen LogP contribution in [0.5, 0.6) is 0 Å². The number of benzene rings is 1. The molecule has 182 valence electrons. The molecule has 1 aromatic carbocycles. The lowest BCUT2D eigenvalue weighted by Crippen LogP contribution is -2.40. The van der Waals surface area contributed by atoms with Crippen molar-refractivity contribution in [3.63, 3.8) is 0 Å². The molecule has 0 saturated heterocycles. The Hall–Kier alpha value is -3.78. The van der Waals surface area contributed by atoms with Crippen LogP contribution in [-0.2, 0) is 45.0 Å². The van der Waals surface area contributed by atoms with Crippen LogP contribution in [0, 0.1) is 0 Å². The van der Waals surface area contributed by atoms with E-state index in [1.807, 2.05) is 0 Å². The zero-order valence-electron chi connectivity index (χ0n) is 18.8. The second-order valence-electron chi connectivity index (χ2n) is 7.43. The number of carbonyl (C=O) groups is 2. The van der Waals surface area contributed by atoms with Gasteiger partial charge in [0.15, 0.2) is 11.2 Å². The van der Waals surface area contributed by atoms with E-state index < -0.39 is 33.8 Å². The van der Waals surface area contributed by atoms with Gasteiger partial charge in [0.25, 0.3) is 5.56 Å². The highest BCUT2D eigenvalue weighted by Gasteiger charge is 2.17. The standard InChI is InChI=1S/C20H24N6O7S/c1-13(27)23-14-5-7-15(8-6-14)34(31,32)22-11-16(28)33-10-4-9-26-19(29)17-18(21-12-24(17)2)25(3)20(26)30/h5-8,12,22H,4,9-11H2,1-3H3,(H,23,27). The number of sulfonamides is 1. The van der Waals surface area contributed by atoms with E-state index in [2.05, 4.69) is 15.0 Å². The van der Waals surface area contributed by atoms with Crippen molar-refractivity contribution >= 4 is 38.8 Å². The Morgan fingerprint density at radius 2 is 1.79 bits per heavy atom. The maximum absolute atomic E-state index is 12.6. The molecule has 13 nitrogen and oxygen atoms in total. The zero-order chi connectivity index (χ0) is 25.0. The van der Waals surface area contributed by atoms with Crippen molar-refractivity contribution < 1.29 is 22.7 Å². The number of fused-ring (bicyclic) bond motifs is 1. The normalized spacial score (nSPS) is 11.5. The first-order chi connectivity index (χ1) is 16.0. The van der Waals surface area contributed by atoms with Gasteiger partial charge in [-0.3, -0.25) is 23.5 Å². The van der Waals surface area contributed by atoms with E-state index in [1.165, 1.54) is 53.7 Å². The zero-order valence-corrected chi connectivity index (χ0v) is 19.6. The number of imidazole rings is 1. The number of anilines is 1. The number of hydrogen-bond acceptors (Lipinski definition) is 8. The second-order valence-corrected chi connectivity index (χ2v) is 9.20. The van der Waals surface area contributed by atoms with E-state index in [4.69, 9.17) is 4.74 Å². The molecular formula is C20H24N6O7S. The van der Waals surface area contributed by atoms with Gasteiger partial charge in [-0.1, -0.05) is 0 Å². The summed E-state index contributed by atoms with van der Waals surface area (Å²) in [4.78, 5) is 52.0. The Kier molecular flexibility index (Phi) is 7.32. The maximum atomic E-state index is 12.6. The van der Waals surface area contributed by atoms with Crippen LogP contribution in [0.15, 0.2) is 45.1 Å². The largest absolute Gasteiger partial charge is 0.465 e. The van der Waals surface area contributed by atoms with Crippen LogP contribution in [0.25, 0.3) is 11.2 Å². The van der Waals surface area contributed by atoms with Crippen LogP contribution < -0.4 is 21.3 Å². The maximum Gasteiger partial charge on any atom is 0.332 e. The number of nitrogens with one attached hydrogen (secondary N) is 2. The van der Waals surface area contributed by atoms with E-state index in [0.717, 1.165) is 4.57 Å². The highest BCUT2D eigenvalue weighted by atomic mass is 32.2. The number of ether oxygens (including phenoxy) is 1. The fourth-order valence-electron chi connectivity index (χ4n) is 3.21. The lowest BCUT2D eigenvalue weighted by atomic mass is 10.3. The number of hydrogen-bond donors (Lipinski definition) is 2. The fourth-order valence-corrected chi connectivity index (χ4v) is 4.18. The smallest absolute Gasteiger partial charge is 0.332 e. The minimum absolute atomic E-state index is 0.00623. The van der Waals surface area contributed by atoms with Gasteiger partial charge in [0, 0.05) is 33.3 Å². The van der Waals surface area contributed by atoms with E-state index in [1.54, 1.807) is 7.05 Å². The molecular weight excluding hydrogens is 468 g/mol. The molecule has 2 heterocycles. The van der Waals surface area contributed by atoms with Crippen LogP contribution in [-0.4, -0.2) is 52.1 Å². The van der Waals surface area contributed by atoms with Crippen LogP contribution in [0.3, 0.4) is 0 Å². The minimum Gasteiger partial charge on any atom is -0.465 e. The molecule has 3 rings (SSSR count). The van der Waals surface area contributed by atoms with Gasteiger partial charge in [-0.15, -0.1) is 0 Å². The summed E-state index contributed by atoms with van der Waals surface area (Å²) in [6.07, 6.45) is 1.61. The molecule has 0 radical (unpaired) electrons. The molecule has 0 unspecified atom stereocenters. The van der Waals surface area contributed by atoms with E-state index in [9.17, 15) is 27.6 Å². The average Bonchev–Trinajstić information content (AvgIpc) is 3.17. The summed E-state index contributed by atoms with van der Waals surface area (Å²) in [5.74, 6) is -1.11. The van der Waals surface area contributed by atoms with Gasteiger partial charge in [-0.25, -0.2) is 18.2 Å². The SMILES string of the molecule is CC(=O)Nc1ccc(S(=O)(=O)NCC(=O)OCCCn2c(=O)c3c(ncn3C)n(C)c2=O)cc1. The van der Waals surface area contributed by atoms with E-state index in [0.29, 0.717) is 5.69 Å². The molecule has 2 N–H and O–H groups in total. The van der Waals surface area contributed by atoms with Gasteiger partial charge in [0.05, 0.1) is 17.8 Å². The van der Waals surface area contributed by atoms with E-state index >= 15 is 0 Å². The molecule has 0 aliphatic carbocycles. The van der Waals surface area contributed by atoms with Crippen LogP contribution >= 0.6 is 0 Å². The second kappa shape index (κ2) is 10.0. The van der Waals surface area contributed by atoms with Crippen LogP contribution in [0.1, 0.15) is 13.3 Å². The number of rotatable bonds is 9. The first-order valence-electron chi connectivity index (χ1n) is 10.1. The molecule has 0 bridgehead atoms. The van der Waals surface area contributed by atoms with Crippen molar-refractivity contribution in [3.05, 3.63) is 51.4 Å². The van der Waals surface area contributed by atoms with Gasteiger partial charge in [-0.2, -0.15) is 4.72 Å². The number of aromatic nitrogens is 4. The summed E-state index contributed by atoms with van der Waals surface area (Å²) in [5, 5.41) is 2.52. The Labute approximate surface area is 194 Å². The van der Waals surface area contributed by atoms with Gasteiger partial charge < -0.3 is 14.6 Å². The summed E-state index contributed by atoms with van der Waals surface area (Å²) in [6.45, 7) is 0.616. The third-order valence-corrected chi connectivity index (χ3v) is 6.30. The molecule has 0 fully saturated rings. The van der Waals surface area contributed by atoms with Crippen LogP contribution in [0.4, 0.5) is 5.69 Å². The summed E-state index contributed by atoms with van der Waals surface area (Å²) < 4.78 is 35.6. The first kappa shape index (κ1) is 24.9. The average molecular weight is 493 g/mol. The molecule has 0 spiro atoms. The highest BCUT2D eigenvalue weighted by molar-refractivity contribution is 7.89. The first-order valence-corrected chi connectivity index (χ1v) is 11.6. The lowest BCUT2D eigenvalue weighted by molar-refractivity contribution is -0.142. The van der Waals surface area contributed by atoms with Crippen molar-refractivity contribution in [2.24, 2.45) is 14.1 Å². The molecule has 0 aliphatic heterocycles. The van der Waals surface area contributed by atoms with Crippen LogP contribution in [0.2, 0.25) is 0 Å². The third kappa shape index (κ3) is 5.40. The third-order valence-electron chi connectivity index (χ3n) is 4.88. The van der Waals surface area contributed by atoms with Crippen molar-refractivity contribution in [3.8, 4) is 0 Å². The number of amides is 1. The van der Waals surface area contributed by atoms with Crippen molar-refractivity contribution in [1.82, 2.24) is 23.4 Å². The Morgan fingerprint density at radius 1 is 1.12 bits per heavy atom. The number of carbonyl (C=O) groups excluding carboxylic acids is 2. The Bertz CT molecular complexity index is 1450. The summed E-state index contributed by atoms with van der Waals surface area (Å²) in [7, 11) is -0.819. The van der Waals surface area contributed by atoms with Crippen molar-refractivity contribution in [2.45, 2.75) is 24.8 Å². The Balaban J connectivity index is 1.52. The topological polar surface area (TPSA) is 163 Å². The fraction of sp³-hybridized carbons (Fsp3) is 0.350. The number of esters is 1. The molecule has 2 aromatic heterocycles. The molecule has 1 amide bonds. The van der Waals surface area contributed by atoms with Gasteiger partial charge >= 0.3 is 11.7 Å². The predicted octanol–water partition coefficient (Wildman–Crippen LogP) is -0.696. The molecule has 3 aromatic rings. The number of nitrogens with zero attached hydrogens (tertiary/aromatic N) is 4. The summed E-state index contributed by atoms with van der Waals surface area (Å²) in [5.41, 5.74) is -0.0559. The molecule has 0 atom stereocenters. The van der Waals surface area contributed by atoms with Crippen molar-refractivity contribution in [1.29, 1.82) is 0 Å². The van der Waals surface area contributed by atoms with Gasteiger partial charge in [0.2, 0.25) is 15.9 Å². The molecule has 34 heavy (non-hydrogen) atoms. The monoisotopic (exact) mass is 492 g/mol. The Morgan fingerprint density at radius 3 is 2.44 bits per heavy atom. The summed E-state index contributed by atoms with van der Waals surface area (Å²) >= 11 is 0. The highest BCUT2D eigenvalue weighted by Crippen LogP contribution is 2.13. The van der Waals surface area contributed by atoms with E-state index in [-0.39, 0.29) is 41.5 Å². The van der Waals surface area contributed by atoms with Gasteiger partial charge in [0.1, 0.15) is 6.54 Å². The number of aryl methyl sites for hydroxylation is 2. The molecule has 0 aliphatic rings. The quantitative estimate of drug-likeness (QED) is 0.293. The molecule has 0 saturated carbocycles. The lowest BCUT2D eigenvalue weighted by Gasteiger charge is -2.10. The minimum atomic E-state index is -3.97.